The molecular weight excluding hydrogens is 377 g/mol. The van der Waals surface area contributed by atoms with Crippen LogP contribution in [0.25, 0.3) is 22.4 Å². The summed E-state index contributed by atoms with van der Waals surface area (Å²) in [5.41, 5.74) is 1.80. The monoisotopic (exact) mass is 391 g/mol. The highest BCUT2D eigenvalue weighted by Crippen LogP contribution is 2.28. The number of halogens is 1. The standard InChI is InChI=1S/C21H14FN3O4/c1-11-18-14(19(26)23-16-8-7-13(21(27)28)9-15(16)22)10-17(24-20(18)29-25-11)12-5-3-2-4-6-12/h2-10H,1H3,(H,23,26)(H,27,28). The number of aryl methyl sites for hydroxylation is 1. The molecule has 0 saturated heterocycles. The number of hydrogen-bond donors (Lipinski definition) is 2. The van der Waals surface area contributed by atoms with Crippen molar-refractivity contribution in [3.8, 4) is 11.3 Å². The van der Waals surface area contributed by atoms with Gasteiger partial charge in [-0.25, -0.2) is 14.2 Å². The van der Waals surface area contributed by atoms with Crippen molar-refractivity contribution in [3.63, 3.8) is 0 Å². The predicted molar refractivity (Wildman–Crippen MR) is 103 cm³/mol. The maximum Gasteiger partial charge on any atom is 0.335 e. The molecule has 0 bridgehead atoms. The maximum absolute atomic E-state index is 14.2. The van der Waals surface area contributed by atoms with Crippen molar-refractivity contribution in [2.24, 2.45) is 0 Å². The second-order valence-electron chi connectivity index (χ2n) is 6.32. The van der Waals surface area contributed by atoms with Gasteiger partial charge in [-0.3, -0.25) is 4.79 Å². The molecule has 1 amide bonds. The van der Waals surface area contributed by atoms with Crippen molar-refractivity contribution in [3.05, 3.63) is 77.2 Å². The lowest BCUT2D eigenvalue weighted by Crippen LogP contribution is -2.14. The van der Waals surface area contributed by atoms with Crippen LogP contribution in [0.4, 0.5) is 10.1 Å². The normalized spacial score (nSPS) is 10.8. The minimum absolute atomic E-state index is 0.139. The number of carboxylic acid groups (broad SMARTS) is 1. The fraction of sp³-hybridized carbons (Fsp3) is 0.0476. The molecule has 0 unspecified atom stereocenters. The van der Waals surface area contributed by atoms with Crippen molar-refractivity contribution in [1.29, 1.82) is 0 Å². The number of fused-ring (bicyclic) bond motifs is 1. The Balaban J connectivity index is 1.77. The molecule has 0 radical (unpaired) electrons. The molecule has 0 spiro atoms. The zero-order valence-corrected chi connectivity index (χ0v) is 15.1. The molecule has 2 aromatic heterocycles. The first-order chi connectivity index (χ1) is 13.9. The topological polar surface area (TPSA) is 105 Å². The minimum atomic E-state index is -1.26. The second-order valence-corrected chi connectivity index (χ2v) is 6.32. The number of aromatic nitrogens is 2. The zero-order valence-electron chi connectivity index (χ0n) is 15.1. The Morgan fingerprint density at radius 3 is 2.55 bits per heavy atom. The molecule has 0 aliphatic heterocycles. The van der Waals surface area contributed by atoms with Crippen LogP contribution in [-0.2, 0) is 0 Å². The molecule has 0 atom stereocenters. The van der Waals surface area contributed by atoms with Gasteiger partial charge in [0.25, 0.3) is 11.6 Å². The third kappa shape index (κ3) is 3.43. The van der Waals surface area contributed by atoms with Gasteiger partial charge >= 0.3 is 5.97 Å². The summed E-state index contributed by atoms with van der Waals surface area (Å²) in [6.07, 6.45) is 0. The van der Waals surface area contributed by atoms with E-state index in [0.29, 0.717) is 16.8 Å². The molecule has 0 aliphatic rings. The van der Waals surface area contributed by atoms with Crippen molar-refractivity contribution >= 4 is 28.7 Å². The summed E-state index contributed by atoms with van der Waals surface area (Å²) < 4.78 is 19.5. The fourth-order valence-electron chi connectivity index (χ4n) is 2.97. The van der Waals surface area contributed by atoms with Crippen LogP contribution in [-0.4, -0.2) is 27.1 Å². The molecule has 0 aliphatic carbocycles. The molecular formula is C21H14FN3O4. The van der Waals surface area contributed by atoms with Gasteiger partial charge in [0.1, 0.15) is 5.82 Å². The largest absolute Gasteiger partial charge is 0.478 e. The number of carbonyl (C=O) groups excluding carboxylic acids is 1. The van der Waals surface area contributed by atoms with Crippen molar-refractivity contribution in [2.45, 2.75) is 6.92 Å². The van der Waals surface area contributed by atoms with Crippen LogP contribution in [0.15, 0.2) is 59.1 Å². The summed E-state index contributed by atoms with van der Waals surface area (Å²) >= 11 is 0. The van der Waals surface area contributed by atoms with Crippen LogP contribution in [0.1, 0.15) is 26.4 Å². The molecule has 2 N–H and O–H groups in total. The number of benzene rings is 2. The van der Waals surface area contributed by atoms with Gasteiger partial charge in [-0.05, 0) is 31.2 Å². The summed E-state index contributed by atoms with van der Waals surface area (Å²) in [5, 5.41) is 15.7. The Labute approximate surface area is 163 Å². The van der Waals surface area contributed by atoms with E-state index in [1.165, 1.54) is 12.1 Å². The number of carboxylic acids is 1. The first-order valence-electron chi connectivity index (χ1n) is 8.60. The highest BCUT2D eigenvalue weighted by atomic mass is 19.1. The van der Waals surface area contributed by atoms with E-state index in [4.69, 9.17) is 9.63 Å². The van der Waals surface area contributed by atoms with Crippen LogP contribution in [0.3, 0.4) is 0 Å². The average Bonchev–Trinajstić information content (AvgIpc) is 3.10. The lowest BCUT2D eigenvalue weighted by atomic mass is 10.0. The van der Waals surface area contributed by atoms with Crippen molar-refractivity contribution in [1.82, 2.24) is 10.1 Å². The van der Waals surface area contributed by atoms with E-state index in [9.17, 15) is 14.0 Å². The van der Waals surface area contributed by atoms with E-state index >= 15 is 0 Å². The van der Waals surface area contributed by atoms with Crippen molar-refractivity contribution < 1.29 is 23.6 Å². The van der Waals surface area contributed by atoms with Gasteiger partial charge in [0.2, 0.25) is 0 Å². The summed E-state index contributed by atoms with van der Waals surface area (Å²) in [6, 6.07) is 14.1. The fourth-order valence-corrected chi connectivity index (χ4v) is 2.97. The minimum Gasteiger partial charge on any atom is -0.478 e. The maximum atomic E-state index is 14.2. The molecule has 2 aromatic carbocycles. The molecule has 4 rings (SSSR count). The van der Waals surface area contributed by atoms with Gasteiger partial charge in [-0.2, -0.15) is 0 Å². The number of pyridine rings is 1. The smallest absolute Gasteiger partial charge is 0.335 e. The van der Waals surface area contributed by atoms with Crippen LogP contribution >= 0.6 is 0 Å². The number of carbonyl (C=O) groups is 2. The van der Waals surface area contributed by atoms with E-state index in [0.717, 1.165) is 11.6 Å². The Hall–Kier alpha value is -4.07. The van der Waals surface area contributed by atoms with Crippen LogP contribution < -0.4 is 5.32 Å². The van der Waals surface area contributed by atoms with E-state index in [1.54, 1.807) is 13.0 Å². The number of amides is 1. The second kappa shape index (κ2) is 7.16. The Kier molecular flexibility index (Phi) is 4.52. The van der Waals surface area contributed by atoms with Crippen LogP contribution in [0.5, 0.6) is 0 Å². The van der Waals surface area contributed by atoms with Crippen LogP contribution in [0, 0.1) is 12.7 Å². The zero-order chi connectivity index (χ0) is 20.5. The first-order valence-corrected chi connectivity index (χ1v) is 8.60. The number of aromatic carboxylic acids is 1. The quantitative estimate of drug-likeness (QED) is 0.538. The van der Waals surface area contributed by atoms with E-state index in [2.05, 4.69) is 15.5 Å². The number of nitrogens with zero attached hydrogens (tertiary/aromatic N) is 2. The number of anilines is 1. The summed E-state index contributed by atoms with van der Waals surface area (Å²) in [7, 11) is 0. The number of rotatable bonds is 4. The Morgan fingerprint density at radius 1 is 1.10 bits per heavy atom. The molecule has 0 fully saturated rings. The summed E-state index contributed by atoms with van der Waals surface area (Å²) in [4.78, 5) is 28.3. The molecule has 4 aromatic rings. The molecule has 8 heteroatoms. The van der Waals surface area contributed by atoms with Gasteiger partial charge in [0, 0.05) is 5.56 Å². The third-order valence-corrected chi connectivity index (χ3v) is 4.40. The molecule has 7 nitrogen and oxygen atoms in total. The van der Waals surface area contributed by atoms with Crippen molar-refractivity contribution in [2.75, 3.05) is 5.32 Å². The molecule has 0 saturated carbocycles. The van der Waals surface area contributed by atoms with Gasteiger partial charge in [0.05, 0.1) is 33.6 Å². The summed E-state index contributed by atoms with van der Waals surface area (Å²) in [5.74, 6) is -2.71. The van der Waals surface area contributed by atoms with E-state index in [1.807, 2.05) is 30.3 Å². The van der Waals surface area contributed by atoms with Gasteiger partial charge < -0.3 is 14.9 Å². The molecule has 29 heavy (non-hydrogen) atoms. The number of nitrogens with one attached hydrogen (secondary N) is 1. The lowest BCUT2D eigenvalue weighted by Gasteiger charge is -2.09. The van der Waals surface area contributed by atoms with Gasteiger partial charge in [-0.1, -0.05) is 35.5 Å². The Morgan fingerprint density at radius 2 is 1.86 bits per heavy atom. The van der Waals surface area contributed by atoms with Crippen LogP contribution in [0.2, 0.25) is 0 Å². The molecule has 2 heterocycles. The molecule has 144 valence electrons. The predicted octanol–water partition coefficient (Wildman–Crippen LogP) is 4.29. The third-order valence-electron chi connectivity index (χ3n) is 4.40. The average molecular weight is 391 g/mol. The highest BCUT2D eigenvalue weighted by Gasteiger charge is 2.20. The van der Waals surface area contributed by atoms with Gasteiger partial charge in [0.15, 0.2) is 0 Å². The highest BCUT2D eigenvalue weighted by molar-refractivity contribution is 6.13. The Bertz CT molecular complexity index is 1250. The van der Waals surface area contributed by atoms with Gasteiger partial charge in [-0.15, -0.1) is 0 Å². The first kappa shape index (κ1) is 18.3. The van der Waals surface area contributed by atoms with E-state index < -0.39 is 17.7 Å². The lowest BCUT2D eigenvalue weighted by molar-refractivity contribution is 0.0696. The SMILES string of the molecule is Cc1noc2nc(-c3ccccc3)cc(C(=O)Nc3ccc(C(=O)O)cc3F)c12. The summed E-state index contributed by atoms with van der Waals surface area (Å²) in [6.45, 7) is 1.68. The number of hydrogen-bond acceptors (Lipinski definition) is 5. The van der Waals surface area contributed by atoms with E-state index in [-0.39, 0.29) is 22.5 Å².